The smallest absolute Gasteiger partial charge is 0.333 e. The second-order valence-corrected chi connectivity index (χ2v) is 8.38. The maximum atomic E-state index is 11.2. The van der Waals surface area contributed by atoms with Crippen LogP contribution in [0.1, 0.15) is 40.5 Å². The summed E-state index contributed by atoms with van der Waals surface area (Å²) in [5.41, 5.74) is 0.895. The number of carbonyl (C=O) groups excluding carboxylic acids is 1. The molecule has 0 radical (unpaired) electrons. The molecule has 0 aromatic rings. The van der Waals surface area contributed by atoms with Crippen molar-refractivity contribution in [2.75, 3.05) is 13.2 Å². The Morgan fingerprint density at radius 2 is 2.00 bits per heavy atom. The number of ether oxygens (including phenoxy) is 2. The van der Waals surface area contributed by atoms with Gasteiger partial charge in [0.2, 0.25) is 0 Å². The number of carbonyl (C=O) groups is 1. The Bertz CT molecular complexity index is 253. The summed E-state index contributed by atoms with van der Waals surface area (Å²) < 4.78 is 10.8. The van der Waals surface area contributed by atoms with Crippen molar-refractivity contribution in [1.82, 2.24) is 0 Å². The van der Waals surface area contributed by atoms with Crippen LogP contribution < -0.4 is 0 Å². The lowest BCUT2D eigenvalue weighted by Gasteiger charge is -2.22. The summed E-state index contributed by atoms with van der Waals surface area (Å²) in [7, 11) is -0.869. The third-order valence-corrected chi connectivity index (χ3v) is 7.04. The fourth-order valence-electron chi connectivity index (χ4n) is 2.02. The van der Waals surface area contributed by atoms with Crippen LogP contribution in [0.4, 0.5) is 0 Å². The Labute approximate surface area is 113 Å². The first-order valence-electron chi connectivity index (χ1n) is 6.97. The largest absolute Gasteiger partial charge is 0.462 e. The second-order valence-electron chi connectivity index (χ2n) is 4.77. The summed E-state index contributed by atoms with van der Waals surface area (Å²) in [4.78, 5) is 11.2. The minimum Gasteiger partial charge on any atom is -0.462 e. The van der Waals surface area contributed by atoms with Gasteiger partial charge >= 0.3 is 5.97 Å². The van der Waals surface area contributed by atoms with E-state index in [0.717, 1.165) is 13.0 Å². The van der Waals surface area contributed by atoms with Crippen molar-refractivity contribution in [3.05, 3.63) is 12.2 Å². The van der Waals surface area contributed by atoms with E-state index in [1.165, 1.54) is 18.5 Å². The molecule has 106 valence electrons. The highest BCUT2D eigenvalue weighted by Crippen LogP contribution is 2.13. The Kier molecular flexibility index (Phi) is 9.97. The first-order chi connectivity index (χ1) is 8.52. The van der Waals surface area contributed by atoms with Gasteiger partial charge in [0.05, 0.1) is 15.4 Å². The van der Waals surface area contributed by atoms with Gasteiger partial charge < -0.3 is 9.47 Å². The Morgan fingerprint density at radius 3 is 2.50 bits per heavy atom. The van der Waals surface area contributed by atoms with Crippen LogP contribution in [0.2, 0.25) is 12.1 Å². The van der Waals surface area contributed by atoms with Crippen LogP contribution in [0.3, 0.4) is 0 Å². The van der Waals surface area contributed by atoms with Crippen LogP contribution in [-0.2, 0) is 14.3 Å². The van der Waals surface area contributed by atoms with E-state index in [-0.39, 0.29) is 5.97 Å². The average Bonchev–Trinajstić information content (AvgIpc) is 2.32. The van der Waals surface area contributed by atoms with Gasteiger partial charge in [0, 0.05) is 17.9 Å². The minimum absolute atomic E-state index is 0.276. The summed E-state index contributed by atoms with van der Waals surface area (Å²) in [6.45, 7) is 13.0. The molecule has 0 bridgehead atoms. The molecule has 3 nitrogen and oxygen atoms in total. The summed E-state index contributed by atoms with van der Waals surface area (Å²) in [6.07, 6.45) is 2.17. The molecule has 0 N–H and O–H groups in total. The fourth-order valence-corrected chi connectivity index (χ4v) is 5.14. The zero-order valence-electron chi connectivity index (χ0n) is 12.3. The van der Waals surface area contributed by atoms with E-state index in [1.54, 1.807) is 6.92 Å². The van der Waals surface area contributed by atoms with Gasteiger partial charge in [-0.05, 0) is 27.2 Å². The quantitative estimate of drug-likeness (QED) is 0.265. The van der Waals surface area contributed by atoms with Crippen molar-refractivity contribution in [2.24, 2.45) is 0 Å². The molecule has 18 heavy (non-hydrogen) atoms. The molecule has 0 saturated heterocycles. The van der Waals surface area contributed by atoms with E-state index in [9.17, 15) is 4.79 Å². The average molecular weight is 272 g/mol. The lowest BCUT2D eigenvalue weighted by atomic mass is 10.4. The van der Waals surface area contributed by atoms with Gasteiger partial charge in [-0.2, -0.15) is 0 Å². The van der Waals surface area contributed by atoms with E-state index < -0.39 is 8.80 Å². The predicted molar refractivity (Wildman–Crippen MR) is 78.5 cm³/mol. The minimum atomic E-state index is -0.869. The highest BCUT2D eigenvalue weighted by atomic mass is 28.3. The zero-order chi connectivity index (χ0) is 14.0. The highest BCUT2D eigenvalue weighted by Gasteiger charge is 2.18. The molecule has 0 heterocycles. The number of rotatable bonds is 10. The molecule has 0 aliphatic heterocycles. The van der Waals surface area contributed by atoms with Crippen molar-refractivity contribution in [3.63, 3.8) is 0 Å². The molecular formula is C14H28O3Si. The molecule has 0 fully saturated rings. The Balaban J connectivity index is 3.89. The normalized spacial score (nSPS) is 14.0. The van der Waals surface area contributed by atoms with Gasteiger partial charge in [0.15, 0.2) is 0 Å². The molecule has 4 heteroatoms. The van der Waals surface area contributed by atoms with E-state index >= 15 is 0 Å². The molecule has 0 aromatic heterocycles. The fraction of sp³-hybridized carbons (Fsp3) is 0.786. The van der Waals surface area contributed by atoms with Crippen LogP contribution >= 0.6 is 0 Å². The van der Waals surface area contributed by atoms with Crippen LogP contribution in [0, 0.1) is 0 Å². The molecule has 2 unspecified atom stereocenters. The van der Waals surface area contributed by atoms with E-state index in [1.807, 2.05) is 6.92 Å². The SMILES string of the molecule is C=C(C)C(=O)OCCC[SiH](CCC)C(C)OCC. The third-order valence-electron chi connectivity index (χ3n) is 3.05. The van der Waals surface area contributed by atoms with Crippen LogP contribution in [0.25, 0.3) is 0 Å². The summed E-state index contributed by atoms with van der Waals surface area (Å²) in [5.74, 6) is -0.276. The van der Waals surface area contributed by atoms with Gasteiger partial charge in [-0.15, -0.1) is 0 Å². The van der Waals surface area contributed by atoms with Crippen molar-refractivity contribution >= 4 is 14.8 Å². The van der Waals surface area contributed by atoms with Crippen LogP contribution in [0.5, 0.6) is 0 Å². The molecule has 2 atom stereocenters. The lowest BCUT2D eigenvalue weighted by molar-refractivity contribution is -0.138. The Hall–Kier alpha value is -0.613. The Morgan fingerprint density at radius 1 is 1.33 bits per heavy atom. The summed E-state index contributed by atoms with van der Waals surface area (Å²) in [5, 5.41) is 0. The maximum Gasteiger partial charge on any atom is 0.333 e. The van der Waals surface area contributed by atoms with E-state index in [4.69, 9.17) is 9.47 Å². The number of esters is 1. The molecule has 0 aliphatic carbocycles. The zero-order valence-corrected chi connectivity index (χ0v) is 13.5. The molecule has 0 rings (SSSR count). The highest BCUT2D eigenvalue weighted by molar-refractivity contribution is 6.60. The maximum absolute atomic E-state index is 11.2. The number of hydrogen-bond donors (Lipinski definition) is 0. The van der Waals surface area contributed by atoms with Gasteiger partial charge in [-0.3, -0.25) is 0 Å². The van der Waals surface area contributed by atoms with Crippen molar-refractivity contribution in [3.8, 4) is 0 Å². The molecular weight excluding hydrogens is 244 g/mol. The van der Waals surface area contributed by atoms with Crippen LogP contribution in [0.15, 0.2) is 12.2 Å². The van der Waals surface area contributed by atoms with Gasteiger partial charge in [-0.1, -0.05) is 32.0 Å². The molecule has 0 aromatic carbocycles. The van der Waals surface area contributed by atoms with Gasteiger partial charge in [0.1, 0.15) is 0 Å². The molecule has 0 amide bonds. The van der Waals surface area contributed by atoms with Gasteiger partial charge in [-0.25, -0.2) is 4.79 Å². The predicted octanol–water partition coefficient (Wildman–Crippen LogP) is 3.10. The topological polar surface area (TPSA) is 35.5 Å². The van der Waals surface area contributed by atoms with E-state index in [2.05, 4.69) is 20.4 Å². The first-order valence-corrected chi connectivity index (χ1v) is 9.27. The second kappa shape index (κ2) is 10.3. The van der Waals surface area contributed by atoms with Crippen molar-refractivity contribution in [2.45, 2.75) is 58.4 Å². The lowest BCUT2D eigenvalue weighted by Crippen LogP contribution is -2.31. The van der Waals surface area contributed by atoms with Crippen LogP contribution in [-0.4, -0.2) is 33.7 Å². The van der Waals surface area contributed by atoms with Gasteiger partial charge in [0.25, 0.3) is 0 Å². The third kappa shape index (κ3) is 7.66. The molecule has 0 saturated carbocycles. The summed E-state index contributed by atoms with van der Waals surface area (Å²) >= 11 is 0. The standard InChI is InChI=1S/C14H28O3Si/c1-6-10-18(13(5)16-7-2)11-8-9-17-14(15)12(3)4/h13,18H,3,6-11H2,1-2,4-5H3. The van der Waals surface area contributed by atoms with Crippen molar-refractivity contribution in [1.29, 1.82) is 0 Å². The summed E-state index contributed by atoms with van der Waals surface area (Å²) in [6, 6.07) is 2.48. The van der Waals surface area contributed by atoms with E-state index in [0.29, 0.717) is 17.9 Å². The molecule has 0 spiro atoms. The molecule has 0 aliphatic rings. The number of hydrogen-bond acceptors (Lipinski definition) is 3. The first kappa shape index (κ1) is 17.4. The van der Waals surface area contributed by atoms with Crippen molar-refractivity contribution < 1.29 is 14.3 Å². The monoisotopic (exact) mass is 272 g/mol.